The molecule has 0 aliphatic carbocycles. The minimum absolute atomic E-state index is 0.0439. The average molecular weight is 447 g/mol. The number of ether oxygens (including phenoxy) is 1. The van der Waals surface area contributed by atoms with Crippen molar-refractivity contribution in [1.29, 1.82) is 0 Å². The van der Waals surface area contributed by atoms with Crippen LogP contribution in [0.25, 0.3) is 11.1 Å². The molecule has 168 valence electrons. The Morgan fingerprint density at radius 3 is 2.32 bits per heavy atom. The molecule has 1 amide bonds. The highest BCUT2D eigenvalue weighted by Gasteiger charge is 2.38. The minimum Gasteiger partial charge on any atom is -0.477 e. The first-order valence-corrected chi connectivity index (χ1v) is 12.2. The van der Waals surface area contributed by atoms with Crippen LogP contribution >= 0.6 is 0 Å². The molecule has 1 saturated heterocycles. The molecule has 1 aliphatic heterocycles. The molecule has 2 heterocycles. The van der Waals surface area contributed by atoms with Crippen LogP contribution in [0.4, 0.5) is 4.79 Å². The summed E-state index contributed by atoms with van der Waals surface area (Å²) in [6, 6.07) is 10.3. The SMILES string of the molecule is CC(C)(C)C1CC(COc2ccc(-c3ccc(S(C)(=O)=O)cc3)cn2)CCN1C(=O)O. The van der Waals surface area contributed by atoms with Crippen molar-refractivity contribution in [3.63, 3.8) is 0 Å². The number of carbonyl (C=O) groups is 1. The maximum Gasteiger partial charge on any atom is 0.407 e. The topological polar surface area (TPSA) is 96.8 Å². The third kappa shape index (κ3) is 5.76. The normalized spacial score (nSPS) is 19.8. The zero-order chi connectivity index (χ0) is 22.8. The number of amides is 1. The lowest BCUT2D eigenvalue weighted by Crippen LogP contribution is -2.52. The van der Waals surface area contributed by atoms with Crippen LogP contribution in [0.15, 0.2) is 47.5 Å². The average Bonchev–Trinajstić information content (AvgIpc) is 2.71. The number of sulfone groups is 1. The molecule has 7 nitrogen and oxygen atoms in total. The summed E-state index contributed by atoms with van der Waals surface area (Å²) in [5, 5.41) is 9.50. The maximum absolute atomic E-state index is 11.6. The van der Waals surface area contributed by atoms with Crippen molar-refractivity contribution in [3.8, 4) is 17.0 Å². The summed E-state index contributed by atoms with van der Waals surface area (Å²) in [5.41, 5.74) is 1.61. The van der Waals surface area contributed by atoms with Gasteiger partial charge in [0.2, 0.25) is 5.88 Å². The van der Waals surface area contributed by atoms with Crippen LogP contribution < -0.4 is 4.74 Å². The Kier molecular flexibility index (Phi) is 6.59. The lowest BCUT2D eigenvalue weighted by molar-refractivity contribution is 0.0298. The maximum atomic E-state index is 11.6. The molecule has 2 unspecified atom stereocenters. The number of rotatable bonds is 5. The van der Waals surface area contributed by atoms with Crippen LogP contribution in [0.2, 0.25) is 0 Å². The van der Waals surface area contributed by atoms with Gasteiger partial charge in [-0.15, -0.1) is 0 Å². The van der Waals surface area contributed by atoms with E-state index in [2.05, 4.69) is 25.8 Å². The summed E-state index contributed by atoms with van der Waals surface area (Å²) in [6.07, 6.45) is 3.56. The second-order valence-electron chi connectivity index (χ2n) is 9.24. The van der Waals surface area contributed by atoms with E-state index in [4.69, 9.17) is 4.74 Å². The van der Waals surface area contributed by atoms with Gasteiger partial charge in [0.05, 0.1) is 11.5 Å². The van der Waals surface area contributed by atoms with E-state index in [-0.39, 0.29) is 22.3 Å². The highest BCUT2D eigenvalue weighted by Crippen LogP contribution is 2.35. The largest absolute Gasteiger partial charge is 0.477 e. The Hall–Kier alpha value is -2.61. The van der Waals surface area contributed by atoms with Gasteiger partial charge in [-0.2, -0.15) is 0 Å². The molecule has 3 rings (SSSR count). The predicted molar refractivity (Wildman–Crippen MR) is 119 cm³/mol. The molecule has 0 saturated carbocycles. The number of carboxylic acid groups (broad SMARTS) is 1. The predicted octanol–water partition coefficient (Wildman–Crippen LogP) is 4.34. The molecule has 1 aliphatic rings. The second-order valence-corrected chi connectivity index (χ2v) is 11.3. The van der Waals surface area contributed by atoms with Gasteiger partial charge in [0.25, 0.3) is 0 Å². The van der Waals surface area contributed by atoms with Gasteiger partial charge in [0.15, 0.2) is 9.84 Å². The molecule has 2 aromatic rings. The van der Waals surface area contributed by atoms with Crippen molar-refractivity contribution in [1.82, 2.24) is 9.88 Å². The molecule has 0 radical (unpaired) electrons. The molecule has 31 heavy (non-hydrogen) atoms. The fraction of sp³-hybridized carbons (Fsp3) is 0.478. The lowest BCUT2D eigenvalue weighted by atomic mass is 9.77. The van der Waals surface area contributed by atoms with E-state index in [1.165, 1.54) is 6.26 Å². The molecule has 2 atom stereocenters. The van der Waals surface area contributed by atoms with Gasteiger partial charge in [-0.05, 0) is 47.9 Å². The number of piperidine rings is 1. The lowest BCUT2D eigenvalue weighted by Gasteiger charge is -2.44. The standard InChI is InChI=1S/C23H30N2O5S/c1-23(2,3)20-13-16(11-12-25(20)22(26)27)15-30-21-10-7-18(14-24-21)17-5-8-19(9-6-17)31(4,28)29/h5-10,14,16,20H,11-13,15H2,1-4H3,(H,26,27). The van der Waals surface area contributed by atoms with Gasteiger partial charge < -0.3 is 14.7 Å². The van der Waals surface area contributed by atoms with Crippen LogP contribution in [0.3, 0.4) is 0 Å². The number of aromatic nitrogens is 1. The zero-order valence-corrected chi connectivity index (χ0v) is 19.2. The van der Waals surface area contributed by atoms with Gasteiger partial charge in [-0.1, -0.05) is 32.9 Å². The minimum atomic E-state index is -3.22. The smallest absolute Gasteiger partial charge is 0.407 e. The number of benzene rings is 1. The summed E-state index contributed by atoms with van der Waals surface area (Å²) in [7, 11) is -3.22. The van der Waals surface area contributed by atoms with E-state index in [0.29, 0.717) is 19.0 Å². The van der Waals surface area contributed by atoms with Crippen molar-refractivity contribution >= 4 is 15.9 Å². The van der Waals surface area contributed by atoms with Gasteiger partial charge in [0, 0.05) is 36.7 Å². The molecule has 1 fully saturated rings. The first kappa shape index (κ1) is 23.1. The Bertz CT molecular complexity index is 1010. The third-order valence-electron chi connectivity index (χ3n) is 5.78. The third-order valence-corrected chi connectivity index (χ3v) is 6.90. The van der Waals surface area contributed by atoms with Crippen molar-refractivity contribution in [2.45, 2.75) is 44.6 Å². The Morgan fingerprint density at radius 2 is 1.81 bits per heavy atom. The summed E-state index contributed by atoms with van der Waals surface area (Å²) in [6.45, 7) is 7.22. The van der Waals surface area contributed by atoms with Gasteiger partial charge >= 0.3 is 6.09 Å². The van der Waals surface area contributed by atoms with Crippen molar-refractivity contribution in [2.24, 2.45) is 11.3 Å². The number of hydrogen-bond donors (Lipinski definition) is 1. The molecule has 8 heteroatoms. The summed E-state index contributed by atoms with van der Waals surface area (Å²) in [4.78, 5) is 17.8. The zero-order valence-electron chi connectivity index (χ0n) is 18.4. The fourth-order valence-electron chi connectivity index (χ4n) is 3.97. The van der Waals surface area contributed by atoms with E-state index in [1.807, 2.05) is 6.07 Å². The first-order chi connectivity index (χ1) is 14.4. The van der Waals surface area contributed by atoms with Gasteiger partial charge in [-0.3, -0.25) is 0 Å². The van der Waals surface area contributed by atoms with E-state index < -0.39 is 15.9 Å². The Balaban J connectivity index is 1.61. The van der Waals surface area contributed by atoms with Crippen molar-refractivity contribution in [3.05, 3.63) is 42.6 Å². The molecule has 0 spiro atoms. The highest BCUT2D eigenvalue weighted by molar-refractivity contribution is 7.90. The second kappa shape index (κ2) is 8.86. The summed E-state index contributed by atoms with van der Waals surface area (Å²) >= 11 is 0. The van der Waals surface area contributed by atoms with Crippen LogP contribution in [-0.4, -0.2) is 55.0 Å². The molecule has 1 aromatic heterocycles. The van der Waals surface area contributed by atoms with Crippen LogP contribution in [0.5, 0.6) is 5.88 Å². The van der Waals surface area contributed by atoms with E-state index >= 15 is 0 Å². The number of hydrogen-bond acceptors (Lipinski definition) is 5. The molecule has 1 N–H and O–H groups in total. The molecule has 0 bridgehead atoms. The van der Waals surface area contributed by atoms with Crippen LogP contribution in [-0.2, 0) is 9.84 Å². The first-order valence-electron chi connectivity index (χ1n) is 10.3. The molecular weight excluding hydrogens is 416 g/mol. The number of likely N-dealkylation sites (tertiary alicyclic amines) is 1. The quantitative estimate of drug-likeness (QED) is 0.734. The molecule has 1 aromatic carbocycles. The number of pyridine rings is 1. The summed E-state index contributed by atoms with van der Waals surface area (Å²) in [5.74, 6) is 0.786. The van der Waals surface area contributed by atoms with E-state index in [9.17, 15) is 18.3 Å². The van der Waals surface area contributed by atoms with Crippen LogP contribution in [0.1, 0.15) is 33.6 Å². The van der Waals surface area contributed by atoms with Gasteiger partial charge in [-0.25, -0.2) is 18.2 Å². The van der Waals surface area contributed by atoms with E-state index in [1.54, 1.807) is 41.4 Å². The van der Waals surface area contributed by atoms with E-state index in [0.717, 1.165) is 24.0 Å². The number of nitrogens with zero attached hydrogens (tertiary/aromatic N) is 2. The molecular formula is C23H30N2O5S. The Labute approximate surface area is 184 Å². The van der Waals surface area contributed by atoms with Crippen molar-refractivity contribution in [2.75, 3.05) is 19.4 Å². The van der Waals surface area contributed by atoms with Gasteiger partial charge in [0.1, 0.15) is 0 Å². The monoisotopic (exact) mass is 446 g/mol. The van der Waals surface area contributed by atoms with Crippen LogP contribution in [0, 0.1) is 11.3 Å². The highest BCUT2D eigenvalue weighted by atomic mass is 32.2. The fourth-order valence-corrected chi connectivity index (χ4v) is 4.60. The summed E-state index contributed by atoms with van der Waals surface area (Å²) < 4.78 is 29.1. The van der Waals surface area contributed by atoms with Crippen molar-refractivity contribution < 1.29 is 23.1 Å². The Morgan fingerprint density at radius 1 is 1.16 bits per heavy atom.